The Bertz CT molecular complexity index is 1310. The van der Waals surface area contributed by atoms with Crippen LogP contribution < -0.4 is 5.43 Å². The zero-order chi connectivity index (χ0) is 24.3. The predicted octanol–water partition coefficient (Wildman–Crippen LogP) is 5.44. The van der Waals surface area contributed by atoms with Gasteiger partial charge in [-0.1, -0.05) is 78.3 Å². The van der Waals surface area contributed by atoms with Crippen molar-refractivity contribution in [1.29, 1.82) is 0 Å². The van der Waals surface area contributed by atoms with Crippen LogP contribution in [0.5, 0.6) is 0 Å². The topological polar surface area (TPSA) is 66.6 Å². The maximum absolute atomic E-state index is 13.2. The van der Waals surface area contributed by atoms with Gasteiger partial charge in [0.1, 0.15) is 0 Å². The van der Waals surface area contributed by atoms with Crippen LogP contribution in [-0.2, 0) is 10.4 Å². The number of rotatable bonds is 6. The van der Waals surface area contributed by atoms with E-state index in [1.54, 1.807) is 54.7 Å². The number of aromatic nitrogens is 1. The molecule has 3 aromatic carbocycles. The summed E-state index contributed by atoms with van der Waals surface area (Å²) < 4.78 is 2.11. The highest BCUT2D eigenvalue weighted by atomic mass is 35.5. The van der Waals surface area contributed by atoms with Crippen molar-refractivity contribution in [3.63, 3.8) is 0 Å². The Morgan fingerprint density at radius 2 is 1.53 bits per heavy atom. The van der Waals surface area contributed by atoms with E-state index >= 15 is 0 Å². The van der Waals surface area contributed by atoms with Gasteiger partial charge in [-0.3, -0.25) is 4.79 Å². The molecule has 0 unspecified atom stereocenters. The molecule has 0 fully saturated rings. The number of hydrogen-bond acceptors (Lipinski definition) is 3. The Morgan fingerprint density at radius 1 is 0.941 bits per heavy atom. The van der Waals surface area contributed by atoms with Gasteiger partial charge in [0.15, 0.2) is 5.60 Å². The predicted molar refractivity (Wildman–Crippen MR) is 137 cm³/mol. The molecule has 1 aromatic heterocycles. The molecule has 0 aliphatic rings. The number of nitrogens with zero attached hydrogens (tertiary/aromatic N) is 2. The minimum Gasteiger partial charge on any atom is -0.372 e. The number of carbonyl (C=O) groups excluding carboxylic acids is 1. The molecule has 5 nitrogen and oxygen atoms in total. The van der Waals surface area contributed by atoms with E-state index in [4.69, 9.17) is 11.6 Å². The molecule has 0 aliphatic carbocycles. The Morgan fingerprint density at radius 3 is 2.12 bits per heavy atom. The van der Waals surface area contributed by atoms with E-state index < -0.39 is 11.5 Å². The molecule has 0 radical (unpaired) electrons. The largest absolute Gasteiger partial charge is 0.372 e. The molecule has 0 bridgehead atoms. The summed E-state index contributed by atoms with van der Waals surface area (Å²) >= 11 is 6.33. The molecule has 2 N–H and O–H groups in total. The van der Waals surface area contributed by atoms with Crippen LogP contribution in [0.4, 0.5) is 0 Å². The summed E-state index contributed by atoms with van der Waals surface area (Å²) in [6.45, 7) is 5.98. The van der Waals surface area contributed by atoms with Crippen molar-refractivity contribution < 1.29 is 9.90 Å². The van der Waals surface area contributed by atoms with Crippen LogP contribution in [0.2, 0.25) is 5.02 Å². The lowest BCUT2D eigenvalue weighted by Gasteiger charge is -2.27. The Labute approximate surface area is 204 Å². The van der Waals surface area contributed by atoms with Crippen LogP contribution in [0.15, 0.2) is 90.0 Å². The highest BCUT2D eigenvalue weighted by Gasteiger charge is 2.39. The molecule has 1 amide bonds. The highest BCUT2D eigenvalue weighted by molar-refractivity contribution is 6.31. The third kappa shape index (κ3) is 4.28. The number of hydrogen-bond donors (Lipinski definition) is 2. The van der Waals surface area contributed by atoms with Gasteiger partial charge in [0.2, 0.25) is 0 Å². The number of nitrogens with one attached hydrogen (secondary N) is 1. The number of amides is 1. The molecule has 0 spiro atoms. The fourth-order valence-electron chi connectivity index (χ4n) is 4.16. The Balaban J connectivity index is 1.63. The van der Waals surface area contributed by atoms with E-state index in [9.17, 15) is 9.90 Å². The Hall–Kier alpha value is -3.67. The second-order valence-electron chi connectivity index (χ2n) is 8.19. The first-order chi connectivity index (χ1) is 16.3. The van der Waals surface area contributed by atoms with E-state index in [0.29, 0.717) is 16.1 Å². The van der Waals surface area contributed by atoms with Crippen molar-refractivity contribution in [2.75, 3.05) is 0 Å². The molecule has 34 heavy (non-hydrogen) atoms. The van der Waals surface area contributed by atoms with Gasteiger partial charge in [-0.2, -0.15) is 5.10 Å². The zero-order valence-corrected chi connectivity index (χ0v) is 20.0. The summed E-state index contributed by atoms with van der Waals surface area (Å²) in [5.74, 6) is -0.638. The quantitative estimate of drug-likeness (QED) is 0.290. The van der Waals surface area contributed by atoms with Crippen molar-refractivity contribution in [3.05, 3.63) is 124 Å². The van der Waals surface area contributed by atoms with Crippen LogP contribution in [-0.4, -0.2) is 21.8 Å². The van der Waals surface area contributed by atoms with Crippen LogP contribution in [0.3, 0.4) is 0 Å². The van der Waals surface area contributed by atoms with Gasteiger partial charge in [0, 0.05) is 27.7 Å². The number of carbonyl (C=O) groups is 1. The SMILES string of the molecule is Cc1c(Cl)cccc1-n1c(C)cc(/C=N/NC(=O)C(O)(c2ccccc2)c2ccccc2)c1C. The van der Waals surface area contributed by atoms with Crippen LogP contribution in [0.1, 0.15) is 33.6 Å². The summed E-state index contributed by atoms with van der Waals surface area (Å²) in [6.07, 6.45) is 1.59. The van der Waals surface area contributed by atoms with E-state index in [-0.39, 0.29) is 0 Å². The zero-order valence-electron chi connectivity index (χ0n) is 19.3. The minimum atomic E-state index is -1.88. The number of aliphatic hydroxyl groups is 1. The highest BCUT2D eigenvalue weighted by Crippen LogP contribution is 2.30. The summed E-state index contributed by atoms with van der Waals surface area (Å²) in [7, 11) is 0. The van der Waals surface area contributed by atoms with Gasteiger partial charge in [-0.15, -0.1) is 0 Å². The fourth-order valence-corrected chi connectivity index (χ4v) is 4.33. The molecule has 0 atom stereocenters. The average molecular weight is 472 g/mol. The van der Waals surface area contributed by atoms with Crippen molar-refractivity contribution in [2.45, 2.75) is 26.4 Å². The number of hydrazone groups is 1. The van der Waals surface area contributed by atoms with Crippen LogP contribution >= 0.6 is 11.6 Å². The van der Waals surface area contributed by atoms with E-state index in [1.165, 1.54) is 0 Å². The molecule has 6 heteroatoms. The number of benzene rings is 3. The molecule has 4 rings (SSSR count). The molecule has 0 aliphatic heterocycles. The van der Waals surface area contributed by atoms with Crippen molar-refractivity contribution in [1.82, 2.24) is 9.99 Å². The monoisotopic (exact) mass is 471 g/mol. The van der Waals surface area contributed by atoms with E-state index in [0.717, 1.165) is 28.2 Å². The molecular weight excluding hydrogens is 446 g/mol. The fraction of sp³-hybridized carbons (Fsp3) is 0.143. The summed E-state index contributed by atoms with van der Waals surface area (Å²) in [5.41, 5.74) is 6.38. The molecule has 172 valence electrons. The number of halogens is 1. The van der Waals surface area contributed by atoms with E-state index in [2.05, 4.69) is 15.1 Å². The second-order valence-corrected chi connectivity index (χ2v) is 8.59. The molecule has 0 saturated heterocycles. The molecule has 1 heterocycles. The summed E-state index contributed by atoms with van der Waals surface area (Å²) in [6, 6.07) is 25.5. The first kappa shape index (κ1) is 23.5. The van der Waals surface area contributed by atoms with Crippen molar-refractivity contribution in [2.24, 2.45) is 5.10 Å². The second kappa shape index (κ2) is 9.67. The van der Waals surface area contributed by atoms with Crippen molar-refractivity contribution >= 4 is 23.7 Å². The lowest BCUT2D eigenvalue weighted by molar-refractivity contribution is -0.136. The Kier molecular flexibility index (Phi) is 6.68. The average Bonchev–Trinajstić information content (AvgIpc) is 3.14. The van der Waals surface area contributed by atoms with Gasteiger partial charge < -0.3 is 9.67 Å². The third-order valence-corrected chi connectivity index (χ3v) is 6.44. The first-order valence-electron chi connectivity index (χ1n) is 11.0. The maximum Gasteiger partial charge on any atom is 0.281 e. The van der Waals surface area contributed by atoms with Gasteiger partial charge in [-0.25, -0.2) is 5.43 Å². The van der Waals surface area contributed by atoms with Gasteiger partial charge >= 0.3 is 0 Å². The van der Waals surface area contributed by atoms with Crippen LogP contribution in [0, 0.1) is 20.8 Å². The normalized spacial score (nSPS) is 11.7. The molecule has 0 saturated carbocycles. The van der Waals surface area contributed by atoms with Crippen molar-refractivity contribution in [3.8, 4) is 5.69 Å². The molecule has 4 aromatic rings. The van der Waals surface area contributed by atoms with Gasteiger partial charge in [0.05, 0.1) is 6.21 Å². The lowest BCUT2D eigenvalue weighted by atomic mass is 9.85. The molecular formula is C28H26ClN3O2. The summed E-state index contributed by atoms with van der Waals surface area (Å²) in [5, 5.41) is 16.4. The standard InChI is InChI=1S/C28H26ClN3O2/c1-19-17-22(21(3)32(19)26-16-10-15-25(29)20(26)2)18-30-31-27(33)28(34,23-11-6-4-7-12-23)24-13-8-5-9-14-24/h4-18,34H,1-3H3,(H,31,33)/b30-18+. The summed E-state index contributed by atoms with van der Waals surface area (Å²) in [4.78, 5) is 13.2. The van der Waals surface area contributed by atoms with E-state index in [1.807, 2.05) is 57.2 Å². The smallest absolute Gasteiger partial charge is 0.281 e. The third-order valence-electron chi connectivity index (χ3n) is 6.03. The van der Waals surface area contributed by atoms with Gasteiger partial charge in [0.25, 0.3) is 5.91 Å². The lowest BCUT2D eigenvalue weighted by Crippen LogP contribution is -2.43. The number of aryl methyl sites for hydroxylation is 1. The van der Waals surface area contributed by atoms with Gasteiger partial charge in [-0.05, 0) is 55.7 Å². The van der Waals surface area contributed by atoms with Crippen LogP contribution in [0.25, 0.3) is 5.69 Å². The maximum atomic E-state index is 13.2. The minimum absolute atomic E-state index is 0.462. The first-order valence-corrected chi connectivity index (χ1v) is 11.3.